The number of imide groups is 2. The zero-order valence-electron chi connectivity index (χ0n) is 40.2. The van der Waals surface area contributed by atoms with Crippen LogP contribution in [-0.2, 0) is 73.2 Å². The lowest BCUT2D eigenvalue weighted by Gasteiger charge is -2.31. The van der Waals surface area contributed by atoms with Gasteiger partial charge in [0.15, 0.2) is 5.60 Å². The zero-order valence-corrected chi connectivity index (χ0v) is 40.2. The van der Waals surface area contributed by atoms with Crippen molar-refractivity contribution < 1.29 is 62.5 Å². The first kappa shape index (κ1) is 51.7. The van der Waals surface area contributed by atoms with Crippen LogP contribution in [0.1, 0.15) is 62.3 Å². The van der Waals surface area contributed by atoms with Crippen molar-refractivity contribution in [1.29, 1.82) is 0 Å². The summed E-state index contributed by atoms with van der Waals surface area (Å²) in [6.45, 7) is 3.98. The second-order valence-electron chi connectivity index (χ2n) is 17.8. The molecule has 380 valence electrons. The molecule has 0 aliphatic carbocycles. The van der Waals surface area contributed by atoms with Gasteiger partial charge in [0.05, 0.1) is 29.0 Å². The number of aliphatic hydroxyl groups is 1. The molecule has 9 amide bonds. The van der Waals surface area contributed by atoms with Crippen molar-refractivity contribution >= 4 is 70.2 Å². The molecule has 7 rings (SSSR count). The van der Waals surface area contributed by atoms with Gasteiger partial charge in [-0.15, -0.1) is 0 Å². The van der Waals surface area contributed by atoms with Crippen molar-refractivity contribution in [1.82, 2.24) is 50.4 Å². The number of nitrogens with one attached hydrogen (secondary N) is 4. The third-order valence-electron chi connectivity index (χ3n) is 12.6. The number of ether oxygens (including phenoxy) is 2. The van der Waals surface area contributed by atoms with Gasteiger partial charge in [0.1, 0.15) is 24.4 Å². The van der Waals surface area contributed by atoms with Gasteiger partial charge in [0.25, 0.3) is 29.2 Å². The van der Waals surface area contributed by atoms with Gasteiger partial charge in [0.2, 0.25) is 23.6 Å². The van der Waals surface area contributed by atoms with Gasteiger partial charge in [-0.3, -0.25) is 53.0 Å². The SMILES string of the molecule is CCC1(O)C(=O)OCc2c1cc1n(c2=O)Cc2cc3c(CN(C)C)c(OC(=O)NCCNC(=O)[C@H](C)NC(=O)[C@H](C)NC(=O)CCC(=O)N(CCN4C(=O)C=CC4=O)CCN4C(=O)C=CC4=O)ccc3nc2-1. The number of nitrogens with zero attached hydrogens (tertiary/aromatic N) is 6. The third-order valence-corrected chi connectivity index (χ3v) is 12.6. The van der Waals surface area contributed by atoms with Crippen molar-refractivity contribution in [2.24, 2.45) is 0 Å². The number of rotatable bonds is 20. The molecule has 24 heteroatoms. The number of amides is 9. The molecule has 5 N–H and O–H groups in total. The summed E-state index contributed by atoms with van der Waals surface area (Å²) >= 11 is 0. The minimum Gasteiger partial charge on any atom is -0.458 e. The Balaban J connectivity index is 0.872. The molecule has 0 radical (unpaired) electrons. The topological polar surface area (TPSA) is 305 Å². The molecule has 24 nitrogen and oxygen atoms in total. The summed E-state index contributed by atoms with van der Waals surface area (Å²) in [5.41, 5.74) is 0.904. The molecular weight excluding hydrogens is 941 g/mol. The quantitative estimate of drug-likeness (QED) is 0.0395. The summed E-state index contributed by atoms with van der Waals surface area (Å²) in [7, 11) is 3.68. The van der Waals surface area contributed by atoms with E-state index < -0.39 is 82.6 Å². The summed E-state index contributed by atoms with van der Waals surface area (Å²) in [6, 6.07) is 4.59. The minimum absolute atomic E-state index is 0.00985. The van der Waals surface area contributed by atoms with Gasteiger partial charge in [0, 0.05) is 105 Å². The Hall–Kier alpha value is -8.12. The lowest BCUT2D eigenvalue weighted by atomic mass is 9.86. The highest BCUT2D eigenvalue weighted by Gasteiger charge is 2.45. The molecule has 0 spiro atoms. The average molecular weight is 995 g/mol. The van der Waals surface area contributed by atoms with E-state index in [0.717, 1.165) is 34.1 Å². The summed E-state index contributed by atoms with van der Waals surface area (Å²) < 4.78 is 12.4. The lowest BCUT2D eigenvalue weighted by molar-refractivity contribution is -0.172. The number of aromatic nitrogens is 2. The molecule has 0 saturated carbocycles. The normalized spacial score (nSPS) is 17.4. The second kappa shape index (κ2) is 21.5. The standard InChI is InChI=1S/C48H54N10O14/c1-6-48(70)32-22-34-42-28(23-58(34)45(67)31(32)25-71-46(48)68)21-29-30(24-54(4)5)35(8-7-33(29)53-42)72-47(69)50-16-15-49-43(65)26(2)52-44(66)27(3)51-36(59)9-10-37(60)55(17-19-56-38(61)11-12-39(56)62)18-20-57-40(63)13-14-41(57)64/h7-8,11-14,21-22,26-27,70H,6,9-10,15-20,23-25H2,1-5H3,(H,49,65)(H,50,69)(H,51,59)(H,52,66)/t26-,27-,48?/m0/s1. The second-order valence-corrected chi connectivity index (χ2v) is 17.8. The first-order valence-corrected chi connectivity index (χ1v) is 23.2. The van der Waals surface area contributed by atoms with Gasteiger partial charge in [-0.05, 0) is 58.6 Å². The summed E-state index contributed by atoms with van der Waals surface area (Å²) in [6.07, 6.45) is 2.84. The molecule has 4 aliphatic heterocycles. The Bertz CT molecular complexity index is 2850. The summed E-state index contributed by atoms with van der Waals surface area (Å²) in [5, 5.41) is 22.0. The highest BCUT2D eigenvalue weighted by molar-refractivity contribution is 6.13. The number of carbonyl (C=O) groups is 10. The summed E-state index contributed by atoms with van der Waals surface area (Å²) in [4.78, 5) is 149. The molecule has 1 unspecified atom stereocenters. The molecule has 2 aromatic heterocycles. The van der Waals surface area contributed by atoms with E-state index in [4.69, 9.17) is 14.5 Å². The smallest absolute Gasteiger partial charge is 0.412 e. The van der Waals surface area contributed by atoms with E-state index >= 15 is 0 Å². The molecule has 0 saturated heterocycles. The number of hydrogen-bond acceptors (Lipinski definition) is 16. The van der Waals surface area contributed by atoms with Crippen LogP contribution in [0.25, 0.3) is 22.3 Å². The summed E-state index contributed by atoms with van der Waals surface area (Å²) in [5.74, 6) is -5.38. The van der Waals surface area contributed by atoms with Crippen molar-refractivity contribution in [2.45, 2.75) is 77.4 Å². The van der Waals surface area contributed by atoms with Crippen molar-refractivity contribution in [2.75, 3.05) is 53.4 Å². The van der Waals surface area contributed by atoms with E-state index in [-0.39, 0.29) is 88.6 Å². The van der Waals surface area contributed by atoms with E-state index in [1.54, 1.807) is 25.1 Å². The molecule has 3 aromatic rings. The molecule has 6 heterocycles. The van der Waals surface area contributed by atoms with Gasteiger partial charge >= 0.3 is 12.1 Å². The van der Waals surface area contributed by atoms with E-state index in [9.17, 15) is 57.8 Å². The van der Waals surface area contributed by atoms with E-state index in [1.165, 1.54) is 23.3 Å². The molecule has 0 fully saturated rings. The number of esters is 1. The number of fused-ring (bicyclic) bond motifs is 5. The van der Waals surface area contributed by atoms with Crippen LogP contribution in [0, 0.1) is 0 Å². The Morgan fingerprint density at radius 3 is 2.06 bits per heavy atom. The number of hydrogen-bond donors (Lipinski definition) is 5. The molecule has 4 aliphatic rings. The fraction of sp³-hybridized carbons (Fsp3) is 0.417. The first-order chi connectivity index (χ1) is 34.2. The van der Waals surface area contributed by atoms with Crippen LogP contribution in [0.15, 0.2) is 53.4 Å². The van der Waals surface area contributed by atoms with Crippen molar-refractivity contribution in [3.63, 3.8) is 0 Å². The number of benzene rings is 1. The average Bonchev–Trinajstić information content (AvgIpc) is 3.99. The van der Waals surface area contributed by atoms with Gasteiger partial charge < -0.3 is 50.2 Å². The Morgan fingerprint density at radius 2 is 1.44 bits per heavy atom. The Labute approximate surface area is 411 Å². The fourth-order valence-electron chi connectivity index (χ4n) is 8.57. The fourth-order valence-corrected chi connectivity index (χ4v) is 8.57. The van der Waals surface area contributed by atoms with Gasteiger partial charge in [-0.1, -0.05) is 6.92 Å². The van der Waals surface area contributed by atoms with Gasteiger partial charge in [-0.25, -0.2) is 14.6 Å². The van der Waals surface area contributed by atoms with E-state index in [2.05, 4.69) is 21.3 Å². The number of carbonyl (C=O) groups excluding carboxylic acids is 10. The van der Waals surface area contributed by atoms with Crippen molar-refractivity contribution in [3.8, 4) is 17.1 Å². The maximum atomic E-state index is 13.7. The van der Waals surface area contributed by atoms with Crippen LogP contribution in [-0.4, -0.2) is 159 Å². The highest BCUT2D eigenvalue weighted by Crippen LogP contribution is 2.40. The lowest BCUT2D eigenvalue weighted by Crippen LogP contribution is -2.52. The van der Waals surface area contributed by atoms with Crippen LogP contribution in [0.5, 0.6) is 5.75 Å². The van der Waals surface area contributed by atoms with Crippen LogP contribution in [0.2, 0.25) is 0 Å². The Morgan fingerprint density at radius 1 is 0.833 bits per heavy atom. The van der Waals surface area contributed by atoms with E-state index in [0.29, 0.717) is 40.0 Å². The monoisotopic (exact) mass is 994 g/mol. The molecular formula is C48H54N10O14. The molecule has 72 heavy (non-hydrogen) atoms. The maximum Gasteiger partial charge on any atom is 0.412 e. The minimum atomic E-state index is -1.97. The highest BCUT2D eigenvalue weighted by atomic mass is 16.6. The van der Waals surface area contributed by atoms with Crippen LogP contribution < -0.4 is 31.6 Å². The first-order valence-electron chi connectivity index (χ1n) is 23.2. The molecule has 1 aromatic carbocycles. The number of cyclic esters (lactones) is 1. The van der Waals surface area contributed by atoms with Crippen LogP contribution in [0.4, 0.5) is 4.79 Å². The molecule has 3 atom stereocenters. The zero-order chi connectivity index (χ0) is 52.2. The predicted molar refractivity (Wildman–Crippen MR) is 252 cm³/mol. The van der Waals surface area contributed by atoms with Crippen LogP contribution >= 0.6 is 0 Å². The Kier molecular flexibility index (Phi) is 15.4. The van der Waals surface area contributed by atoms with Crippen molar-refractivity contribution in [3.05, 3.63) is 81.2 Å². The van der Waals surface area contributed by atoms with Gasteiger partial charge in [-0.2, -0.15) is 0 Å². The van der Waals surface area contributed by atoms with Crippen LogP contribution in [0.3, 0.4) is 0 Å². The van der Waals surface area contributed by atoms with E-state index in [1.807, 2.05) is 25.1 Å². The number of pyridine rings is 2. The molecule has 0 bridgehead atoms. The largest absolute Gasteiger partial charge is 0.458 e. The predicted octanol–water partition coefficient (Wildman–Crippen LogP) is -1.19. The third kappa shape index (κ3) is 10.9. The maximum absolute atomic E-state index is 13.7.